The molecule has 154 valence electrons. The lowest BCUT2D eigenvalue weighted by Crippen LogP contribution is -2.52. The lowest BCUT2D eigenvalue weighted by atomic mass is 10.1. The highest BCUT2D eigenvalue weighted by molar-refractivity contribution is 5.97. The molecule has 0 radical (unpaired) electrons. The molecule has 1 aliphatic heterocycles. The van der Waals surface area contributed by atoms with Crippen LogP contribution < -0.4 is 10.6 Å². The van der Waals surface area contributed by atoms with E-state index in [2.05, 4.69) is 29.7 Å². The number of alkyl halides is 2. The van der Waals surface area contributed by atoms with Gasteiger partial charge in [-0.05, 0) is 19.2 Å². The number of carbonyl (C=O) groups excluding carboxylic acids is 1. The van der Waals surface area contributed by atoms with E-state index in [1.165, 1.54) is 18.6 Å². The third kappa shape index (κ3) is 5.19. The van der Waals surface area contributed by atoms with E-state index in [1.807, 2.05) is 7.05 Å². The van der Waals surface area contributed by atoms with E-state index < -0.39 is 12.1 Å². The number of piperazine rings is 1. The predicted molar refractivity (Wildman–Crippen MR) is 105 cm³/mol. The van der Waals surface area contributed by atoms with Crippen molar-refractivity contribution in [1.82, 2.24) is 24.8 Å². The topological polar surface area (TPSA) is 128 Å². The fourth-order valence-electron chi connectivity index (χ4n) is 3.07. The molecule has 9 nitrogen and oxygen atoms in total. The van der Waals surface area contributed by atoms with Gasteiger partial charge < -0.3 is 15.6 Å². The highest BCUT2D eigenvalue weighted by Crippen LogP contribution is 2.22. The molecular formula is C18H22F2N8O. The Balaban J connectivity index is 1.75. The zero-order valence-corrected chi connectivity index (χ0v) is 15.8. The summed E-state index contributed by atoms with van der Waals surface area (Å²) in [5, 5.41) is 7.14. The van der Waals surface area contributed by atoms with Crippen molar-refractivity contribution >= 4 is 23.5 Å². The Bertz CT molecular complexity index is 913. The van der Waals surface area contributed by atoms with Crippen molar-refractivity contribution in [3.63, 3.8) is 0 Å². The highest BCUT2D eigenvalue weighted by atomic mass is 19.3. The standard InChI is InChI=1S/C18H22F2N8O/c1-27-4-5-28(9-11(27)6-15(22)29)17-7-13(24-10-25-17)14-8-23-16(26-14)3-2-12(21)18(19)20/h2-3,7-8,10-11,18,21H,4-6,9H2,1H3,(H2,22,29)(H,23,26)/b3-2-,21-12?. The van der Waals surface area contributed by atoms with E-state index in [0.29, 0.717) is 29.6 Å². The second kappa shape index (κ2) is 8.86. The van der Waals surface area contributed by atoms with Gasteiger partial charge in [0.25, 0.3) is 6.43 Å². The average molecular weight is 404 g/mol. The van der Waals surface area contributed by atoms with E-state index in [0.717, 1.165) is 19.2 Å². The first-order valence-electron chi connectivity index (χ1n) is 8.99. The number of halogens is 2. The first-order valence-corrected chi connectivity index (χ1v) is 8.99. The first kappa shape index (κ1) is 20.5. The molecule has 1 unspecified atom stereocenters. The number of imidazole rings is 1. The molecule has 0 saturated carbocycles. The lowest BCUT2D eigenvalue weighted by Gasteiger charge is -2.39. The summed E-state index contributed by atoms with van der Waals surface area (Å²) in [6.45, 7) is 2.13. The number of carbonyl (C=O) groups is 1. The normalized spacial score (nSPS) is 17.9. The summed E-state index contributed by atoms with van der Waals surface area (Å²) >= 11 is 0. The Kier molecular flexibility index (Phi) is 6.27. The Morgan fingerprint density at radius 3 is 2.93 bits per heavy atom. The number of aromatic nitrogens is 4. The van der Waals surface area contributed by atoms with Crippen molar-refractivity contribution in [2.24, 2.45) is 5.73 Å². The van der Waals surface area contributed by atoms with E-state index in [1.54, 1.807) is 6.07 Å². The van der Waals surface area contributed by atoms with Gasteiger partial charge >= 0.3 is 0 Å². The highest BCUT2D eigenvalue weighted by Gasteiger charge is 2.26. The Labute approximate surface area is 166 Å². The Morgan fingerprint density at radius 2 is 2.21 bits per heavy atom. The van der Waals surface area contributed by atoms with Crippen molar-refractivity contribution in [1.29, 1.82) is 5.41 Å². The lowest BCUT2D eigenvalue weighted by molar-refractivity contribution is -0.119. The van der Waals surface area contributed by atoms with E-state index in [-0.39, 0.29) is 18.4 Å². The van der Waals surface area contributed by atoms with Crippen LogP contribution in [0.4, 0.5) is 14.6 Å². The Hall–Kier alpha value is -3.21. The summed E-state index contributed by atoms with van der Waals surface area (Å²) in [5.41, 5.74) is 5.76. The minimum absolute atomic E-state index is 0.00807. The van der Waals surface area contributed by atoms with Crippen molar-refractivity contribution in [3.8, 4) is 11.4 Å². The summed E-state index contributed by atoms with van der Waals surface area (Å²) in [4.78, 5) is 31.1. The molecule has 4 N–H and O–H groups in total. The number of anilines is 1. The van der Waals surface area contributed by atoms with Crippen LogP contribution in [0.15, 0.2) is 24.7 Å². The van der Waals surface area contributed by atoms with Crippen LogP contribution in [0, 0.1) is 5.41 Å². The number of nitrogens with one attached hydrogen (secondary N) is 2. The summed E-state index contributed by atoms with van der Waals surface area (Å²) in [5.74, 6) is 0.709. The van der Waals surface area contributed by atoms with Gasteiger partial charge in [-0.1, -0.05) is 0 Å². The SMILES string of the molecule is CN1CCN(c2cc(-c3cnc(/C=C\C(=N)C(F)F)[nH]3)ncn2)CC1CC(N)=O. The molecule has 0 spiro atoms. The number of H-pyrrole nitrogens is 1. The quantitative estimate of drug-likeness (QED) is 0.594. The van der Waals surface area contributed by atoms with Gasteiger partial charge in [-0.3, -0.25) is 15.1 Å². The van der Waals surface area contributed by atoms with Gasteiger partial charge in [0, 0.05) is 38.2 Å². The number of primary amides is 1. The maximum Gasteiger partial charge on any atom is 0.279 e. The number of amides is 1. The van der Waals surface area contributed by atoms with Gasteiger partial charge in [0.2, 0.25) is 5.91 Å². The van der Waals surface area contributed by atoms with E-state index >= 15 is 0 Å². The molecule has 0 aromatic carbocycles. The van der Waals surface area contributed by atoms with Crippen molar-refractivity contribution < 1.29 is 13.6 Å². The van der Waals surface area contributed by atoms with Gasteiger partial charge in [-0.15, -0.1) is 0 Å². The van der Waals surface area contributed by atoms with Crippen LogP contribution in [0.5, 0.6) is 0 Å². The summed E-state index contributed by atoms with van der Waals surface area (Å²) in [6, 6.07) is 1.81. The molecule has 29 heavy (non-hydrogen) atoms. The van der Waals surface area contributed by atoms with Gasteiger partial charge in [0.1, 0.15) is 18.0 Å². The van der Waals surface area contributed by atoms with Crippen LogP contribution in [-0.4, -0.2) is 75.6 Å². The maximum absolute atomic E-state index is 12.4. The molecule has 11 heteroatoms. The molecule has 2 aromatic heterocycles. The smallest absolute Gasteiger partial charge is 0.279 e. The summed E-state index contributed by atoms with van der Waals surface area (Å²) in [7, 11) is 1.96. The van der Waals surface area contributed by atoms with Crippen molar-refractivity contribution in [2.75, 3.05) is 31.6 Å². The predicted octanol–water partition coefficient (Wildman–Crippen LogP) is 1.16. The molecule has 2 aromatic rings. The zero-order valence-electron chi connectivity index (χ0n) is 15.8. The zero-order chi connectivity index (χ0) is 21.0. The second-order valence-electron chi connectivity index (χ2n) is 6.78. The maximum atomic E-state index is 12.4. The van der Waals surface area contributed by atoms with Crippen molar-refractivity contribution in [3.05, 3.63) is 30.5 Å². The van der Waals surface area contributed by atoms with Crippen LogP contribution in [0.25, 0.3) is 17.5 Å². The van der Waals surface area contributed by atoms with E-state index in [9.17, 15) is 13.6 Å². The number of nitrogens with two attached hydrogens (primary N) is 1. The molecule has 1 aliphatic rings. The van der Waals surface area contributed by atoms with Crippen LogP contribution in [0.3, 0.4) is 0 Å². The van der Waals surface area contributed by atoms with Crippen LogP contribution in [0.2, 0.25) is 0 Å². The number of rotatable bonds is 7. The molecule has 3 heterocycles. The third-order valence-corrected chi connectivity index (χ3v) is 4.72. The number of aromatic amines is 1. The minimum atomic E-state index is -2.83. The second-order valence-corrected chi connectivity index (χ2v) is 6.78. The largest absolute Gasteiger partial charge is 0.370 e. The molecular weight excluding hydrogens is 382 g/mol. The fourth-order valence-corrected chi connectivity index (χ4v) is 3.07. The summed E-state index contributed by atoms with van der Waals surface area (Å²) in [6.07, 6.45) is 2.74. The van der Waals surface area contributed by atoms with Gasteiger partial charge in [-0.25, -0.2) is 23.7 Å². The molecule has 1 saturated heterocycles. The average Bonchev–Trinajstić information content (AvgIpc) is 3.16. The van der Waals surface area contributed by atoms with Gasteiger partial charge in [0.05, 0.1) is 23.3 Å². The monoisotopic (exact) mass is 404 g/mol. The van der Waals surface area contributed by atoms with Crippen LogP contribution in [-0.2, 0) is 4.79 Å². The molecule has 1 atom stereocenters. The molecule has 3 rings (SSSR count). The number of likely N-dealkylation sites (N-methyl/N-ethyl adjacent to an activating group) is 1. The Morgan fingerprint density at radius 1 is 1.41 bits per heavy atom. The van der Waals surface area contributed by atoms with Crippen molar-refractivity contribution in [2.45, 2.75) is 18.9 Å². The molecule has 0 bridgehead atoms. The number of hydrogen-bond acceptors (Lipinski definition) is 7. The minimum Gasteiger partial charge on any atom is -0.370 e. The van der Waals surface area contributed by atoms with Gasteiger partial charge in [-0.2, -0.15) is 0 Å². The number of nitrogens with zero attached hydrogens (tertiary/aromatic N) is 5. The molecule has 0 aliphatic carbocycles. The third-order valence-electron chi connectivity index (χ3n) is 4.72. The van der Waals surface area contributed by atoms with Crippen LogP contribution >= 0.6 is 0 Å². The van der Waals surface area contributed by atoms with Gasteiger partial charge in [0.15, 0.2) is 0 Å². The first-order chi connectivity index (χ1) is 13.8. The van der Waals surface area contributed by atoms with Crippen LogP contribution in [0.1, 0.15) is 12.2 Å². The molecule has 1 amide bonds. The number of hydrogen-bond donors (Lipinski definition) is 3. The number of allylic oxidation sites excluding steroid dienone is 1. The summed E-state index contributed by atoms with van der Waals surface area (Å²) < 4.78 is 24.8. The van der Waals surface area contributed by atoms with E-state index in [4.69, 9.17) is 11.1 Å². The molecule has 1 fully saturated rings. The fraction of sp³-hybridized carbons (Fsp3) is 0.389.